The van der Waals surface area contributed by atoms with Crippen LogP contribution in [0.5, 0.6) is 0 Å². The number of benzene rings is 2. The summed E-state index contributed by atoms with van der Waals surface area (Å²) < 4.78 is 39.7. The number of halogens is 3. The van der Waals surface area contributed by atoms with E-state index < -0.39 is 11.7 Å². The Hall–Kier alpha value is -3.42. The summed E-state index contributed by atoms with van der Waals surface area (Å²) >= 11 is 0. The van der Waals surface area contributed by atoms with E-state index in [1.165, 1.54) is 24.3 Å². The summed E-state index contributed by atoms with van der Waals surface area (Å²) in [5.74, 6) is 0.105. The monoisotopic (exact) mass is 398 g/mol. The number of nitrogens with zero attached hydrogens (tertiary/aromatic N) is 3. The summed E-state index contributed by atoms with van der Waals surface area (Å²) in [5.41, 5.74) is 1.08. The van der Waals surface area contributed by atoms with Crippen LogP contribution in [0.25, 0.3) is 0 Å². The van der Waals surface area contributed by atoms with E-state index in [4.69, 9.17) is 0 Å². The van der Waals surface area contributed by atoms with E-state index in [2.05, 4.69) is 15.3 Å². The van der Waals surface area contributed by atoms with Gasteiger partial charge in [0.15, 0.2) is 0 Å². The maximum absolute atomic E-state index is 13.2. The van der Waals surface area contributed by atoms with E-state index in [9.17, 15) is 18.0 Å². The highest BCUT2D eigenvalue weighted by Gasteiger charge is 2.33. The fraction of sp³-hybridized carbons (Fsp3) is 0.190. The minimum Gasteiger partial charge on any atom is -0.340 e. The van der Waals surface area contributed by atoms with Gasteiger partial charge in [-0.25, -0.2) is 9.97 Å². The van der Waals surface area contributed by atoms with Gasteiger partial charge in [0.05, 0.1) is 11.3 Å². The van der Waals surface area contributed by atoms with Crippen molar-refractivity contribution in [3.63, 3.8) is 0 Å². The molecule has 0 aliphatic carbocycles. The molecule has 0 spiro atoms. The molecule has 1 amide bonds. The maximum atomic E-state index is 13.2. The van der Waals surface area contributed by atoms with E-state index in [1.54, 1.807) is 11.8 Å². The Balaban J connectivity index is 1.65. The number of hydrogen-bond acceptors (Lipinski definition) is 4. The fourth-order valence-electron chi connectivity index (χ4n) is 3.41. The number of anilines is 3. The van der Waals surface area contributed by atoms with Gasteiger partial charge in [0.2, 0.25) is 0 Å². The Labute approximate surface area is 165 Å². The van der Waals surface area contributed by atoms with Gasteiger partial charge in [-0.3, -0.25) is 4.79 Å². The van der Waals surface area contributed by atoms with Crippen molar-refractivity contribution in [2.75, 3.05) is 16.8 Å². The molecular weight excluding hydrogens is 381 g/mol. The molecule has 1 aromatic heterocycles. The molecule has 5 nitrogen and oxygen atoms in total. The molecule has 1 N–H and O–H groups in total. The van der Waals surface area contributed by atoms with Crippen molar-refractivity contribution < 1.29 is 18.0 Å². The third-order valence-corrected chi connectivity index (χ3v) is 4.68. The molecule has 0 saturated heterocycles. The van der Waals surface area contributed by atoms with Gasteiger partial charge in [0, 0.05) is 18.3 Å². The first-order chi connectivity index (χ1) is 13.8. The minimum atomic E-state index is -4.51. The molecule has 0 atom stereocenters. The number of aryl methyl sites for hydroxylation is 1. The van der Waals surface area contributed by atoms with Crippen molar-refractivity contribution in [2.24, 2.45) is 0 Å². The first kappa shape index (κ1) is 18.9. The highest BCUT2D eigenvalue weighted by atomic mass is 19.4. The van der Waals surface area contributed by atoms with E-state index >= 15 is 0 Å². The van der Waals surface area contributed by atoms with Gasteiger partial charge in [0.25, 0.3) is 5.91 Å². The zero-order valence-electron chi connectivity index (χ0n) is 15.5. The topological polar surface area (TPSA) is 58.1 Å². The Bertz CT molecular complexity index is 1080. The van der Waals surface area contributed by atoms with Crippen LogP contribution >= 0.6 is 0 Å². The van der Waals surface area contributed by atoms with Gasteiger partial charge in [-0.05, 0) is 37.1 Å². The molecule has 4 rings (SSSR count). The summed E-state index contributed by atoms with van der Waals surface area (Å²) in [6.45, 7) is 2.12. The molecule has 0 fully saturated rings. The lowest BCUT2D eigenvalue weighted by atomic mass is 10.1. The average Bonchev–Trinajstić information content (AvgIpc) is 3.10. The molecule has 0 saturated carbocycles. The second kappa shape index (κ2) is 7.20. The molecule has 2 heterocycles. The fourth-order valence-corrected chi connectivity index (χ4v) is 3.41. The number of fused-ring (bicyclic) bond motifs is 1. The van der Waals surface area contributed by atoms with Crippen LogP contribution in [0.4, 0.5) is 30.4 Å². The van der Waals surface area contributed by atoms with Crippen LogP contribution in [0.15, 0.2) is 54.6 Å². The number of rotatable bonds is 3. The predicted octanol–water partition coefficient (Wildman–Crippen LogP) is 4.75. The molecule has 8 heteroatoms. The average molecular weight is 398 g/mol. The standard InChI is InChI=1S/C21H17F3N4O/c1-13-25-17(20(29)28-11-10-14-6-2-5-9-18(14)28)12-19(26-13)27-16-8-4-3-7-15(16)21(22,23)24/h2-9,12H,10-11H2,1H3,(H,25,26,27). The van der Waals surface area contributed by atoms with E-state index in [1.807, 2.05) is 24.3 Å². The van der Waals surface area contributed by atoms with Crippen molar-refractivity contribution in [1.82, 2.24) is 9.97 Å². The first-order valence-electron chi connectivity index (χ1n) is 9.01. The van der Waals surface area contributed by atoms with Crippen molar-refractivity contribution >= 4 is 23.1 Å². The molecule has 29 heavy (non-hydrogen) atoms. The molecule has 0 radical (unpaired) electrons. The number of carbonyl (C=O) groups excluding carboxylic acids is 1. The summed E-state index contributed by atoms with van der Waals surface area (Å²) in [5, 5.41) is 2.68. The number of para-hydroxylation sites is 2. The Morgan fingerprint density at radius 3 is 2.59 bits per heavy atom. The number of aromatic nitrogens is 2. The third kappa shape index (κ3) is 3.78. The molecular formula is C21H17F3N4O. The number of hydrogen-bond donors (Lipinski definition) is 1. The highest BCUT2D eigenvalue weighted by Crippen LogP contribution is 2.36. The van der Waals surface area contributed by atoms with Gasteiger partial charge in [-0.15, -0.1) is 0 Å². The molecule has 1 aliphatic rings. The first-order valence-corrected chi connectivity index (χ1v) is 9.01. The van der Waals surface area contributed by atoms with E-state index in [-0.39, 0.29) is 28.9 Å². The maximum Gasteiger partial charge on any atom is 0.418 e. The van der Waals surface area contributed by atoms with Crippen molar-refractivity contribution in [3.05, 3.63) is 77.2 Å². The number of alkyl halides is 3. The summed E-state index contributed by atoms with van der Waals surface area (Å²) in [4.78, 5) is 23.0. The zero-order chi connectivity index (χ0) is 20.6. The number of carbonyl (C=O) groups is 1. The number of amides is 1. The van der Waals surface area contributed by atoms with Crippen LogP contribution in [0.2, 0.25) is 0 Å². The summed E-state index contributed by atoms with van der Waals surface area (Å²) in [6, 6.07) is 14.1. The lowest BCUT2D eigenvalue weighted by Crippen LogP contribution is -2.30. The molecule has 2 aromatic carbocycles. The lowest BCUT2D eigenvalue weighted by molar-refractivity contribution is -0.136. The molecule has 3 aromatic rings. The molecule has 1 aliphatic heterocycles. The van der Waals surface area contributed by atoms with Crippen LogP contribution in [-0.4, -0.2) is 22.4 Å². The Kier molecular flexibility index (Phi) is 4.70. The number of nitrogens with one attached hydrogen (secondary N) is 1. The second-order valence-corrected chi connectivity index (χ2v) is 6.69. The third-order valence-electron chi connectivity index (χ3n) is 4.68. The lowest BCUT2D eigenvalue weighted by Gasteiger charge is -2.18. The van der Waals surface area contributed by atoms with Crippen LogP contribution in [0.3, 0.4) is 0 Å². The Morgan fingerprint density at radius 2 is 1.79 bits per heavy atom. The van der Waals surface area contributed by atoms with Crippen molar-refractivity contribution in [1.29, 1.82) is 0 Å². The van der Waals surface area contributed by atoms with Crippen molar-refractivity contribution in [2.45, 2.75) is 19.5 Å². The predicted molar refractivity (Wildman–Crippen MR) is 103 cm³/mol. The van der Waals surface area contributed by atoms with Gasteiger partial charge < -0.3 is 10.2 Å². The van der Waals surface area contributed by atoms with Crippen LogP contribution in [-0.2, 0) is 12.6 Å². The molecule has 0 unspecified atom stereocenters. The minimum absolute atomic E-state index is 0.126. The van der Waals surface area contributed by atoms with Gasteiger partial charge in [-0.2, -0.15) is 13.2 Å². The van der Waals surface area contributed by atoms with Crippen molar-refractivity contribution in [3.8, 4) is 0 Å². The van der Waals surface area contributed by atoms with E-state index in [0.29, 0.717) is 6.54 Å². The quantitative estimate of drug-likeness (QED) is 0.692. The SMILES string of the molecule is Cc1nc(Nc2ccccc2C(F)(F)F)cc(C(=O)N2CCc3ccccc32)n1. The summed E-state index contributed by atoms with van der Waals surface area (Å²) in [7, 11) is 0. The van der Waals surface area contributed by atoms with Crippen LogP contribution < -0.4 is 10.2 Å². The van der Waals surface area contributed by atoms with Crippen LogP contribution in [0, 0.1) is 6.92 Å². The molecule has 0 bridgehead atoms. The largest absolute Gasteiger partial charge is 0.418 e. The van der Waals surface area contributed by atoms with Gasteiger partial charge >= 0.3 is 6.18 Å². The van der Waals surface area contributed by atoms with Gasteiger partial charge in [0.1, 0.15) is 17.3 Å². The Morgan fingerprint density at radius 1 is 1.07 bits per heavy atom. The smallest absolute Gasteiger partial charge is 0.340 e. The second-order valence-electron chi connectivity index (χ2n) is 6.69. The van der Waals surface area contributed by atoms with Gasteiger partial charge in [-0.1, -0.05) is 30.3 Å². The normalized spacial score (nSPS) is 13.3. The molecule has 148 valence electrons. The zero-order valence-corrected chi connectivity index (χ0v) is 15.5. The summed E-state index contributed by atoms with van der Waals surface area (Å²) in [6.07, 6.45) is -3.76. The van der Waals surface area contributed by atoms with Crippen LogP contribution in [0.1, 0.15) is 27.4 Å². The van der Waals surface area contributed by atoms with E-state index in [0.717, 1.165) is 23.7 Å². The highest BCUT2D eigenvalue weighted by molar-refractivity contribution is 6.06.